The summed E-state index contributed by atoms with van der Waals surface area (Å²) < 4.78 is 43.9. The molecule has 4 rings (SSSR count). The van der Waals surface area contributed by atoms with Crippen LogP contribution in [0.15, 0.2) is 18.6 Å². The first-order valence-electron chi connectivity index (χ1n) is 12.3. The third-order valence-electron chi connectivity index (χ3n) is 7.69. The molecule has 0 aromatic carbocycles. The molecule has 2 aliphatic carbocycles. The van der Waals surface area contributed by atoms with Gasteiger partial charge in [-0.2, -0.15) is 18.3 Å². The zero-order chi connectivity index (χ0) is 27.0. The van der Waals surface area contributed by atoms with Crippen molar-refractivity contribution in [2.24, 2.45) is 11.3 Å². The largest absolute Gasteiger partial charge is 0.481 e. The Labute approximate surface area is 222 Å². The van der Waals surface area contributed by atoms with Crippen LogP contribution in [0.4, 0.5) is 13.2 Å². The van der Waals surface area contributed by atoms with Crippen LogP contribution in [0.5, 0.6) is 0 Å². The fourth-order valence-corrected chi connectivity index (χ4v) is 5.94. The first-order chi connectivity index (χ1) is 17.4. The standard InChI is InChI=1S/C25H29Cl2F3N4O3/c1-24(8-2-9-24)14-33(10-7-17-19(26)12-31-13-20(17)27)22(35)18-11-32-34(21(18)25(28,29)30)16-5-3-15(4-6-16)23(36)37/h11-13,15-16H,2-10,14H2,1H3,(H,36,37)/t15-,16+. The van der Waals surface area contributed by atoms with E-state index < -0.39 is 41.3 Å². The number of pyridine rings is 1. The Morgan fingerprint density at radius 2 is 1.76 bits per heavy atom. The molecular formula is C25H29Cl2F3N4O3. The van der Waals surface area contributed by atoms with Gasteiger partial charge in [0.1, 0.15) is 0 Å². The number of carboxylic acid groups (broad SMARTS) is 1. The lowest BCUT2D eigenvalue weighted by atomic mass is 9.70. The van der Waals surface area contributed by atoms with E-state index in [1.807, 2.05) is 6.92 Å². The summed E-state index contributed by atoms with van der Waals surface area (Å²) >= 11 is 12.5. The van der Waals surface area contributed by atoms with Crippen molar-refractivity contribution < 1.29 is 27.9 Å². The van der Waals surface area contributed by atoms with Gasteiger partial charge in [0.25, 0.3) is 5.91 Å². The van der Waals surface area contributed by atoms with Gasteiger partial charge in [-0.15, -0.1) is 0 Å². The molecule has 0 unspecified atom stereocenters. The van der Waals surface area contributed by atoms with E-state index in [0.29, 0.717) is 22.2 Å². The second-order valence-corrected chi connectivity index (χ2v) is 11.2. The van der Waals surface area contributed by atoms with Crippen molar-refractivity contribution in [1.29, 1.82) is 0 Å². The molecule has 2 heterocycles. The van der Waals surface area contributed by atoms with Crippen LogP contribution in [0, 0.1) is 11.3 Å². The zero-order valence-electron chi connectivity index (χ0n) is 20.4. The predicted octanol–water partition coefficient (Wildman–Crippen LogP) is 6.29. The summed E-state index contributed by atoms with van der Waals surface area (Å²) in [6.07, 6.45) is 3.11. The highest BCUT2D eigenvalue weighted by atomic mass is 35.5. The minimum absolute atomic E-state index is 0.129. The molecule has 0 bridgehead atoms. The minimum atomic E-state index is -4.81. The number of aromatic nitrogens is 3. The number of carbonyl (C=O) groups excluding carboxylic acids is 1. The molecule has 7 nitrogen and oxygen atoms in total. The van der Waals surface area contributed by atoms with E-state index in [9.17, 15) is 27.9 Å². The quantitative estimate of drug-likeness (QED) is 0.409. The molecule has 37 heavy (non-hydrogen) atoms. The average Bonchev–Trinajstić information content (AvgIpc) is 3.27. The fraction of sp³-hybridized carbons (Fsp3) is 0.600. The van der Waals surface area contributed by atoms with Crippen molar-refractivity contribution in [1.82, 2.24) is 19.7 Å². The number of nitrogens with zero attached hydrogens (tertiary/aromatic N) is 4. The van der Waals surface area contributed by atoms with Gasteiger partial charge in [-0.3, -0.25) is 19.3 Å². The Morgan fingerprint density at radius 3 is 2.27 bits per heavy atom. The average molecular weight is 561 g/mol. The molecule has 2 aliphatic rings. The zero-order valence-corrected chi connectivity index (χ0v) is 21.9. The Bertz CT molecular complexity index is 1140. The predicted molar refractivity (Wildman–Crippen MR) is 132 cm³/mol. The number of carboxylic acids is 1. The summed E-state index contributed by atoms with van der Waals surface area (Å²) in [5, 5.41) is 13.9. The molecule has 2 aromatic heterocycles. The maximum Gasteiger partial charge on any atom is 0.433 e. The smallest absolute Gasteiger partial charge is 0.433 e. The van der Waals surface area contributed by atoms with Crippen LogP contribution in [0.1, 0.15) is 79.5 Å². The molecular weight excluding hydrogens is 532 g/mol. The van der Waals surface area contributed by atoms with Crippen molar-refractivity contribution in [3.8, 4) is 0 Å². The summed E-state index contributed by atoms with van der Waals surface area (Å²) in [6, 6.07) is -0.624. The first kappa shape index (κ1) is 27.7. The SMILES string of the molecule is CC1(CN(CCc2c(Cl)cncc2Cl)C(=O)c2cnn([C@H]3CC[C@@H](C(=O)O)CC3)c2C(F)(F)F)CCC1. The van der Waals surface area contributed by atoms with Crippen molar-refractivity contribution in [2.75, 3.05) is 13.1 Å². The summed E-state index contributed by atoms with van der Waals surface area (Å²) in [4.78, 5) is 30.3. The highest BCUT2D eigenvalue weighted by molar-refractivity contribution is 6.35. The van der Waals surface area contributed by atoms with Gasteiger partial charge < -0.3 is 10.0 Å². The van der Waals surface area contributed by atoms with Gasteiger partial charge in [0.05, 0.1) is 33.8 Å². The lowest BCUT2D eigenvalue weighted by Crippen LogP contribution is -2.44. The van der Waals surface area contributed by atoms with Gasteiger partial charge in [0.15, 0.2) is 5.69 Å². The van der Waals surface area contributed by atoms with E-state index >= 15 is 0 Å². The molecule has 0 aliphatic heterocycles. The third-order valence-corrected chi connectivity index (χ3v) is 8.34. The number of hydrogen-bond acceptors (Lipinski definition) is 4. The van der Waals surface area contributed by atoms with Crippen molar-refractivity contribution in [2.45, 2.75) is 70.5 Å². The second-order valence-electron chi connectivity index (χ2n) is 10.4. The monoisotopic (exact) mass is 560 g/mol. The maximum absolute atomic E-state index is 14.3. The number of rotatable bonds is 8. The van der Waals surface area contributed by atoms with Crippen LogP contribution in [0.2, 0.25) is 10.0 Å². The lowest BCUT2D eigenvalue weighted by molar-refractivity contribution is -0.147. The summed E-state index contributed by atoms with van der Waals surface area (Å²) in [6.45, 7) is 2.46. The van der Waals surface area contributed by atoms with Crippen LogP contribution in [0.25, 0.3) is 0 Å². The molecule has 1 amide bonds. The molecule has 202 valence electrons. The normalized spacial score (nSPS) is 21.4. The topological polar surface area (TPSA) is 88.3 Å². The Balaban J connectivity index is 1.62. The van der Waals surface area contributed by atoms with Crippen molar-refractivity contribution >= 4 is 35.1 Å². The van der Waals surface area contributed by atoms with Gasteiger partial charge in [0, 0.05) is 25.5 Å². The van der Waals surface area contributed by atoms with Gasteiger partial charge in [-0.05, 0) is 55.9 Å². The van der Waals surface area contributed by atoms with Gasteiger partial charge in [-0.1, -0.05) is 36.5 Å². The van der Waals surface area contributed by atoms with Crippen LogP contribution in [-0.4, -0.2) is 49.7 Å². The summed E-state index contributed by atoms with van der Waals surface area (Å²) in [7, 11) is 0. The summed E-state index contributed by atoms with van der Waals surface area (Å²) in [5.74, 6) is -2.26. The van der Waals surface area contributed by atoms with E-state index in [0.717, 1.165) is 30.1 Å². The van der Waals surface area contributed by atoms with E-state index in [1.54, 1.807) is 0 Å². The lowest BCUT2D eigenvalue weighted by Gasteiger charge is -2.42. The molecule has 0 radical (unpaired) electrons. The molecule has 0 saturated heterocycles. The molecule has 0 spiro atoms. The Hall–Kier alpha value is -2.33. The third kappa shape index (κ3) is 6.06. The second kappa shape index (κ2) is 10.8. The molecule has 12 heteroatoms. The molecule has 0 atom stereocenters. The van der Waals surface area contributed by atoms with E-state index in [2.05, 4.69) is 10.1 Å². The van der Waals surface area contributed by atoms with Crippen molar-refractivity contribution in [3.05, 3.63) is 45.5 Å². The van der Waals surface area contributed by atoms with Gasteiger partial charge >= 0.3 is 12.1 Å². The van der Waals surface area contributed by atoms with Crippen LogP contribution < -0.4 is 0 Å². The Morgan fingerprint density at radius 1 is 1.14 bits per heavy atom. The first-order valence-corrected chi connectivity index (χ1v) is 13.1. The van der Waals surface area contributed by atoms with Crippen LogP contribution in [-0.2, 0) is 17.4 Å². The fourth-order valence-electron chi connectivity index (χ4n) is 5.39. The number of amides is 1. The number of halogens is 5. The van der Waals surface area contributed by atoms with E-state index in [4.69, 9.17) is 23.2 Å². The number of alkyl halides is 3. The number of carbonyl (C=O) groups is 2. The van der Waals surface area contributed by atoms with Gasteiger partial charge in [-0.25, -0.2) is 0 Å². The summed E-state index contributed by atoms with van der Waals surface area (Å²) in [5.41, 5.74) is -1.18. The molecule has 2 saturated carbocycles. The van der Waals surface area contributed by atoms with E-state index in [1.165, 1.54) is 17.3 Å². The van der Waals surface area contributed by atoms with Crippen LogP contribution in [0.3, 0.4) is 0 Å². The molecule has 1 N–H and O–H groups in total. The number of hydrogen-bond donors (Lipinski definition) is 1. The molecule has 2 aromatic rings. The van der Waals surface area contributed by atoms with Crippen molar-refractivity contribution in [3.63, 3.8) is 0 Å². The highest BCUT2D eigenvalue weighted by Gasteiger charge is 2.44. The Kier molecular flexibility index (Phi) is 8.09. The molecule has 2 fully saturated rings. The highest BCUT2D eigenvalue weighted by Crippen LogP contribution is 2.42. The minimum Gasteiger partial charge on any atom is -0.481 e. The number of aliphatic carboxylic acids is 1. The van der Waals surface area contributed by atoms with Gasteiger partial charge in [0.2, 0.25) is 0 Å². The van der Waals surface area contributed by atoms with E-state index in [-0.39, 0.29) is 44.1 Å². The maximum atomic E-state index is 14.3. The van der Waals surface area contributed by atoms with Crippen LogP contribution >= 0.6 is 23.2 Å².